The molecule has 0 fully saturated rings. The molecule has 16 rings (SSSR count). The van der Waals surface area contributed by atoms with Gasteiger partial charge >= 0.3 is 0 Å². The quantitative estimate of drug-likeness (QED) is 0.178. The molecule has 3 heteroatoms. The molecule has 0 saturated heterocycles. The Hall–Kier alpha value is -9.18. The normalized spacial score (nSPS) is 12.3. The van der Waals surface area contributed by atoms with E-state index in [1.165, 1.54) is 43.1 Å². The molecular weight excluding hydrogens is 841 g/mol. The summed E-state index contributed by atoms with van der Waals surface area (Å²) in [7, 11) is 0. The van der Waals surface area contributed by atoms with E-state index in [1.54, 1.807) is 0 Å². The summed E-state index contributed by atoms with van der Waals surface area (Å²) in [5.74, 6) is 0. The van der Waals surface area contributed by atoms with Gasteiger partial charge in [0.15, 0.2) is 0 Å². The van der Waals surface area contributed by atoms with E-state index >= 15 is 0 Å². The highest BCUT2D eigenvalue weighted by Gasteiger charge is 2.24. The van der Waals surface area contributed by atoms with Gasteiger partial charge in [-0.3, -0.25) is 0 Å². The third-order valence-corrected chi connectivity index (χ3v) is 14.9. The number of fused-ring (bicyclic) bond motifs is 21. The lowest BCUT2D eigenvalue weighted by molar-refractivity contribution is 0.669. The van der Waals surface area contributed by atoms with Gasteiger partial charge in [-0.25, -0.2) is 0 Å². The van der Waals surface area contributed by atoms with Crippen molar-refractivity contribution in [1.29, 1.82) is 0 Å². The van der Waals surface area contributed by atoms with E-state index in [0.717, 1.165) is 121 Å². The highest BCUT2D eigenvalue weighted by molar-refractivity contribution is 6.32. The molecule has 318 valence electrons. The second-order valence-electron chi connectivity index (χ2n) is 18.6. The minimum absolute atomic E-state index is 0.858. The number of hydrogen-bond donors (Lipinski definition) is 0. The van der Waals surface area contributed by atoms with Crippen molar-refractivity contribution >= 4 is 130 Å². The van der Waals surface area contributed by atoms with Gasteiger partial charge in [-0.15, -0.1) is 0 Å². The summed E-state index contributed by atoms with van der Waals surface area (Å²) in [6.07, 6.45) is 0. The topological polar surface area (TPSA) is 39.4 Å². The molecule has 0 saturated carbocycles. The van der Waals surface area contributed by atoms with Crippen molar-refractivity contribution < 1.29 is 13.3 Å². The molecule has 0 spiro atoms. The standard InChI is InChI=1S/C66H36O3/c1-6-18-45-37(13-1)25-28-55-59(45)62-51-24-12-11-23-50(51)52(36-58(62)67-55)42-31-43(53-34-40-16-4-9-21-48(40)63-60-46-19-7-2-14-38(46)26-29-56(60)68-65(53)63)33-44(32-42)54-35-41-17-5-10-22-49(41)64-61-47-20-8-3-15-39(47)27-30-57(61)69-66(54)64/h1-36H. The van der Waals surface area contributed by atoms with Crippen LogP contribution in [0.3, 0.4) is 0 Å². The molecule has 3 aromatic heterocycles. The molecule has 0 unspecified atom stereocenters. The van der Waals surface area contributed by atoms with E-state index in [4.69, 9.17) is 13.3 Å². The summed E-state index contributed by atoms with van der Waals surface area (Å²) in [5, 5.41) is 20.9. The van der Waals surface area contributed by atoms with Gasteiger partial charge < -0.3 is 13.3 Å². The lowest BCUT2D eigenvalue weighted by atomic mass is 9.87. The Bertz CT molecular complexity index is 4690. The van der Waals surface area contributed by atoms with Gasteiger partial charge in [0, 0.05) is 43.4 Å². The van der Waals surface area contributed by atoms with Crippen LogP contribution in [-0.4, -0.2) is 0 Å². The lowest BCUT2D eigenvalue weighted by Gasteiger charge is -2.15. The van der Waals surface area contributed by atoms with Crippen LogP contribution in [0.25, 0.3) is 164 Å². The molecule has 0 aliphatic carbocycles. The summed E-state index contributed by atoms with van der Waals surface area (Å²) in [4.78, 5) is 0. The summed E-state index contributed by atoms with van der Waals surface area (Å²) in [6, 6.07) is 79.0. The zero-order valence-corrected chi connectivity index (χ0v) is 37.0. The predicted octanol–water partition coefficient (Wildman–Crippen LogP) is 19.3. The van der Waals surface area contributed by atoms with Gasteiger partial charge in [-0.05, 0) is 141 Å². The Balaban J connectivity index is 1.06. The number of hydrogen-bond acceptors (Lipinski definition) is 3. The molecule has 0 aliphatic heterocycles. The van der Waals surface area contributed by atoms with Crippen LogP contribution in [0.4, 0.5) is 0 Å². The molecule has 0 N–H and O–H groups in total. The molecule has 0 amide bonds. The first-order valence-corrected chi connectivity index (χ1v) is 23.6. The Morgan fingerprint density at radius 3 is 1.00 bits per heavy atom. The van der Waals surface area contributed by atoms with Crippen molar-refractivity contribution in [3.8, 4) is 33.4 Å². The highest BCUT2D eigenvalue weighted by atomic mass is 16.3. The number of rotatable bonds is 3. The van der Waals surface area contributed by atoms with E-state index in [0.29, 0.717) is 0 Å². The van der Waals surface area contributed by atoms with Crippen molar-refractivity contribution in [3.05, 3.63) is 218 Å². The van der Waals surface area contributed by atoms with E-state index < -0.39 is 0 Å². The maximum Gasteiger partial charge on any atom is 0.143 e. The van der Waals surface area contributed by atoms with E-state index in [1.807, 2.05) is 0 Å². The second kappa shape index (κ2) is 13.7. The monoisotopic (exact) mass is 876 g/mol. The van der Waals surface area contributed by atoms with Crippen LogP contribution in [0, 0.1) is 0 Å². The van der Waals surface area contributed by atoms with Gasteiger partial charge in [0.25, 0.3) is 0 Å². The molecular formula is C66H36O3. The van der Waals surface area contributed by atoms with Crippen molar-refractivity contribution in [2.45, 2.75) is 0 Å². The SMILES string of the molecule is c1ccc2c(c1)ccc1oc3cc(-c4cc(-c5cc6ccccc6c6c5oc5ccc7ccccc7c56)cc(-c5cc6ccccc6c6c5oc5ccc7ccccc7c56)c4)c4ccccc4c3c12. The van der Waals surface area contributed by atoms with E-state index in [-0.39, 0.29) is 0 Å². The molecule has 0 atom stereocenters. The highest BCUT2D eigenvalue weighted by Crippen LogP contribution is 2.49. The molecule has 0 bridgehead atoms. The third-order valence-electron chi connectivity index (χ3n) is 14.9. The van der Waals surface area contributed by atoms with Gasteiger partial charge in [0.2, 0.25) is 0 Å². The van der Waals surface area contributed by atoms with E-state index in [2.05, 4.69) is 218 Å². The number of benzene rings is 13. The van der Waals surface area contributed by atoms with Gasteiger partial charge in [0.1, 0.15) is 33.5 Å². The average Bonchev–Trinajstić information content (AvgIpc) is 4.13. The Kier molecular flexibility index (Phi) is 7.34. The van der Waals surface area contributed by atoms with Gasteiger partial charge in [-0.1, -0.05) is 164 Å². The number of furan rings is 3. The van der Waals surface area contributed by atoms with Crippen LogP contribution in [-0.2, 0) is 0 Å². The van der Waals surface area contributed by atoms with Crippen LogP contribution >= 0.6 is 0 Å². The fourth-order valence-corrected chi connectivity index (χ4v) is 11.9. The van der Waals surface area contributed by atoms with Crippen LogP contribution in [0.15, 0.2) is 232 Å². The van der Waals surface area contributed by atoms with Crippen molar-refractivity contribution in [2.75, 3.05) is 0 Å². The molecule has 0 radical (unpaired) electrons. The van der Waals surface area contributed by atoms with Crippen molar-refractivity contribution in [3.63, 3.8) is 0 Å². The van der Waals surface area contributed by atoms with Crippen LogP contribution in [0.5, 0.6) is 0 Å². The van der Waals surface area contributed by atoms with Gasteiger partial charge in [-0.2, -0.15) is 0 Å². The third kappa shape index (κ3) is 5.16. The maximum atomic E-state index is 7.12. The molecule has 0 aliphatic rings. The smallest absolute Gasteiger partial charge is 0.143 e. The largest absolute Gasteiger partial charge is 0.456 e. The van der Waals surface area contributed by atoms with Crippen molar-refractivity contribution in [1.82, 2.24) is 0 Å². The first-order valence-electron chi connectivity index (χ1n) is 23.6. The first kappa shape index (κ1) is 37.0. The second-order valence-corrected chi connectivity index (χ2v) is 18.6. The fourth-order valence-electron chi connectivity index (χ4n) is 11.9. The lowest BCUT2D eigenvalue weighted by Crippen LogP contribution is -1.90. The average molecular weight is 877 g/mol. The first-order chi connectivity index (χ1) is 34.2. The van der Waals surface area contributed by atoms with Crippen LogP contribution in [0.2, 0.25) is 0 Å². The summed E-state index contributed by atoms with van der Waals surface area (Å²) < 4.78 is 21.1. The summed E-state index contributed by atoms with van der Waals surface area (Å²) >= 11 is 0. The molecule has 3 heterocycles. The van der Waals surface area contributed by atoms with Gasteiger partial charge in [0.05, 0.1) is 0 Å². The maximum absolute atomic E-state index is 7.12. The van der Waals surface area contributed by atoms with Crippen LogP contribution in [0.1, 0.15) is 0 Å². The summed E-state index contributed by atoms with van der Waals surface area (Å²) in [6.45, 7) is 0. The molecule has 13 aromatic carbocycles. The Labute approximate surface area is 393 Å². The zero-order valence-electron chi connectivity index (χ0n) is 37.0. The zero-order chi connectivity index (χ0) is 44.9. The fraction of sp³-hybridized carbons (Fsp3) is 0. The molecule has 3 nitrogen and oxygen atoms in total. The minimum Gasteiger partial charge on any atom is -0.456 e. The summed E-state index contributed by atoms with van der Waals surface area (Å²) in [5.41, 5.74) is 11.5. The Morgan fingerprint density at radius 2 is 0.536 bits per heavy atom. The predicted molar refractivity (Wildman–Crippen MR) is 290 cm³/mol. The van der Waals surface area contributed by atoms with Crippen molar-refractivity contribution in [2.24, 2.45) is 0 Å². The molecule has 69 heavy (non-hydrogen) atoms. The molecule has 16 aromatic rings. The minimum atomic E-state index is 0.858. The van der Waals surface area contributed by atoms with Crippen LogP contribution < -0.4 is 0 Å². The Morgan fingerprint density at radius 1 is 0.203 bits per heavy atom. The van der Waals surface area contributed by atoms with E-state index in [9.17, 15) is 0 Å².